The van der Waals surface area contributed by atoms with Crippen LogP contribution in [-0.2, 0) is 0 Å². The molecular formula is C7H9N5OS. The molecule has 0 amide bonds. The van der Waals surface area contributed by atoms with Crippen LogP contribution < -0.4 is 10.9 Å². The van der Waals surface area contributed by atoms with Gasteiger partial charge in [0.15, 0.2) is 5.52 Å². The van der Waals surface area contributed by atoms with Crippen molar-refractivity contribution in [3.63, 3.8) is 0 Å². The number of nitrogens with zero attached hydrogens (tertiary/aromatic N) is 3. The zero-order valence-corrected chi connectivity index (χ0v) is 8.55. The lowest BCUT2D eigenvalue weighted by molar-refractivity contribution is 0.874. The smallest absolute Gasteiger partial charge is 0.281 e. The fourth-order valence-electron chi connectivity index (χ4n) is 1.04. The van der Waals surface area contributed by atoms with Gasteiger partial charge >= 0.3 is 0 Å². The van der Waals surface area contributed by atoms with E-state index in [1.807, 2.05) is 13.8 Å². The second kappa shape index (κ2) is 3.33. The topological polar surface area (TPSA) is 83.6 Å². The lowest BCUT2D eigenvalue weighted by atomic mass is 10.4. The Bertz CT molecular complexity index is 502. The maximum Gasteiger partial charge on any atom is 0.281 e. The largest absolute Gasteiger partial charge is 0.354 e. The van der Waals surface area contributed by atoms with Gasteiger partial charge in [-0.3, -0.25) is 9.78 Å². The third-order valence-corrected chi connectivity index (χ3v) is 2.08. The molecule has 2 aromatic heterocycles. The Kier molecular flexibility index (Phi) is 2.16. The maximum atomic E-state index is 11.4. The summed E-state index contributed by atoms with van der Waals surface area (Å²) in [7, 11) is 0. The van der Waals surface area contributed by atoms with E-state index in [2.05, 4.69) is 24.0 Å². The van der Waals surface area contributed by atoms with E-state index in [1.54, 1.807) is 0 Å². The number of hydrogen-bond acceptors (Lipinski definition) is 6. The summed E-state index contributed by atoms with van der Waals surface area (Å²) in [6, 6.07) is 0.210. The SMILES string of the molecule is CC(C)Nc1nc2nsnc2c(=O)[nH]1. The number of fused-ring (bicyclic) bond motifs is 1. The summed E-state index contributed by atoms with van der Waals surface area (Å²) in [6.07, 6.45) is 0. The van der Waals surface area contributed by atoms with Crippen LogP contribution in [0.3, 0.4) is 0 Å². The molecule has 14 heavy (non-hydrogen) atoms. The summed E-state index contributed by atoms with van der Waals surface area (Å²) in [5.41, 5.74) is 0.429. The highest BCUT2D eigenvalue weighted by atomic mass is 32.1. The van der Waals surface area contributed by atoms with E-state index in [4.69, 9.17) is 0 Å². The van der Waals surface area contributed by atoms with Crippen LogP contribution >= 0.6 is 11.7 Å². The molecule has 2 aromatic rings. The van der Waals surface area contributed by atoms with E-state index in [0.29, 0.717) is 17.1 Å². The first-order chi connectivity index (χ1) is 6.66. The molecule has 0 aromatic carbocycles. The second-order valence-electron chi connectivity index (χ2n) is 3.15. The van der Waals surface area contributed by atoms with Crippen LogP contribution in [0.1, 0.15) is 13.8 Å². The van der Waals surface area contributed by atoms with E-state index in [0.717, 1.165) is 11.7 Å². The zero-order valence-electron chi connectivity index (χ0n) is 7.74. The minimum Gasteiger partial charge on any atom is -0.354 e. The predicted molar refractivity (Wildman–Crippen MR) is 54.6 cm³/mol. The highest BCUT2D eigenvalue weighted by molar-refractivity contribution is 7.00. The first-order valence-corrected chi connectivity index (χ1v) is 4.89. The van der Waals surface area contributed by atoms with Crippen LogP contribution in [0.2, 0.25) is 0 Å². The number of hydrogen-bond donors (Lipinski definition) is 2. The highest BCUT2D eigenvalue weighted by Crippen LogP contribution is 2.05. The summed E-state index contributed by atoms with van der Waals surface area (Å²) in [6.45, 7) is 3.92. The molecule has 0 saturated heterocycles. The van der Waals surface area contributed by atoms with Crippen molar-refractivity contribution < 1.29 is 0 Å². The lowest BCUT2D eigenvalue weighted by Gasteiger charge is -2.06. The second-order valence-corrected chi connectivity index (χ2v) is 3.68. The normalized spacial score (nSPS) is 11.1. The molecule has 0 aliphatic rings. The monoisotopic (exact) mass is 211 g/mol. The highest BCUT2D eigenvalue weighted by Gasteiger charge is 2.07. The van der Waals surface area contributed by atoms with Crippen molar-refractivity contribution in [1.82, 2.24) is 18.7 Å². The predicted octanol–water partition coefficient (Wildman–Crippen LogP) is 0.595. The van der Waals surface area contributed by atoms with Gasteiger partial charge in [0.25, 0.3) is 5.56 Å². The fraction of sp³-hybridized carbons (Fsp3) is 0.429. The standard InChI is InChI=1S/C7H9N5OS/c1-3(2)8-7-9-5-4(6(13)10-7)11-14-12-5/h3H,1-2H3,(H2,8,9,10,12,13). The van der Waals surface area contributed by atoms with Crippen molar-refractivity contribution >= 4 is 28.8 Å². The fourth-order valence-corrected chi connectivity index (χ4v) is 1.53. The first kappa shape index (κ1) is 9.07. The Morgan fingerprint density at radius 1 is 1.43 bits per heavy atom. The molecule has 0 atom stereocenters. The van der Waals surface area contributed by atoms with Gasteiger partial charge in [-0.25, -0.2) is 0 Å². The number of aromatic amines is 1. The Morgan fingerprint density at radius 3 is 2.93 bits per heavy atom. The van der Waals surface area contributed by atoms with Crippen molar-refractivity contribution in [3.05, 3.63) is 10.4 Å². The van der Waals surface area contributed by atoms with Gasteiger partial charge in [-0.1, -0.05) is 0 Å². The van der Waals surface area contributed by atoms with Crippen molar-refractivity contribution in [2.24, 2.45) is 0 Å². The molecule has 0 aliphatic heterocycles. The van der Waals surface area contributed by atoms with Gasteiger partial charge in [-0.2, -0.15) is 13.7 Å². The lowest BCUT2D eigenvalue weighted by Crippen LogP contribution is -2.17. The quantitative estimate of drug-likeness (QED) is 0.759. The van der Waals surface area contributed by atoms with E-state index in [-0.39, 0.29) is 11.6 Å². The van der Waals surface area contributed by atoms with Crippen LogP contribution in [-0.4, -0.2) is 24.8 Å². The minimum atomic E-state index is -0.257. The summed E-state index contributed by atoms with van der Waals surface area (Å²) in [5, 5.41) is 3.00. The van der Waals surface area contributed by atoms with Gasteiger partial charge < -0.3 is 5.32 Å². The molecule has 7 heteroatoms. The number of anilines is 1. The molecule has 0 unspecified atom stereocenters. The molecular weight excluding hydrogens is 202 g/mol. The molecule has 0 saturated carbocycles. The summed E-state index contributed by atoms with van der Waals surface area (Å²) < 4.78 is 7.74. The van der Waals surface area contributed by atoms with Crippen LogP contribution in [0.15, 0.2) is 4.79 Å². The minimum absolute atomic E-state index is 0.210. The molecule has 0 fully saturated rings. The zero-order chi connectivity index (χ0) is 10.1. The average molecular weight is 211 g/mol. The van der Waals surface area contributed by atoms with E-state index < -0.39 is 0 Å². The van der Waals surface area contributed by atoms with Gasteiger partial charge in [0, 0.05) is 6.04 Å². The van der Waals surface area contributed by atoms with Gasteiger partial charge in [-0.15, -0.1) is 0 Å². The molecule has 2 heterocycles. The number of H-pyrrole nitrogens is 1. The molecule has 2 rings (SSSR count). The third-order valence-electron chi connectivity index (χ3n) is 1.56. The van der Waals surface area contributed by atoms with Crippen LogP contribution in [0.4, 0.5) is 5.95 Å². The molecule has 6 nitrogen and oxygen atoms in total. The molecule has 0 aliphatic carbocycles. The van der Waals surface area contributed by atoms with Gasteiger partial charge in [0.2, 0.25) is 11.6 Å². The Morgan fingerprint density at radius 2 is 2.21 bits per heavy atom. The Hall–Kier alpha value is -1.50. The van der Waals surface area contributed by atoms with Gasteiger partial charge in [-0.05, 0) is 13.8 Å². The van der Waals surface area contributed by atoms with Crippen molar-refractivity contribution in [1.29, 1.82) is 0 Å². The summed E-state index contributed by atoms with van der Waals surface area (Å²) in [5.74, 6) is 0.435. The third kappa shape index (κ3) is 1.58. The Balaban J connectivity index is 2.53. The van der Waals surface area contributed by atoms with Crippen molar-refractivity contribution in [3.8, 4) is 0 Å². The van der Waals surface area contributed by atoms with Crippen LogP contribution in [0.5, 0.6) is 0 Å². The van der Waals surface area contributed by atoms with E-state index in [1.165, 1.54) is 0 Å². The Labute approximate surface area is 83.7 Å². The van der Waals surface area contributed by atoms with Crippen molar-refractivity contribution in [2.75, 3.05) is 5.32 Å². The molecule has 0 bridgehead atoms. The molecule has 74 valence electrons. The number of nitrogens with one attached hydrogen (secondary N) is 2. The van der Waals surface area contributed by atoms with Crippen LogP contribution in [0, 0.1) is 0 Å². The molecule has 0 radical (unpaired) electrons. The van der Waals surface area contributed by atoms with E-state index >= 15 is 0 Å². The van der Waals surface area contributed by atoms with Crippen LogP contribution in [0.25, 0.3) is 11.2 Å². The summed E-state index contributed by atoms with van der Waals surface area (Å²) >= 11 is 0.984. The van der Waals surface area contributed by atoms with Gasteiger partial charge in [0.1, 0.15) is 0 Å². The maximum absolute atomic E-state index is 11.4. The average Bonchev–Trinajstić information content (AvgIpc) is 2.50. The summed E-state index contributed by atoms with van der Waals surface area (Å²) in [4.78, 5) is 18.1. The van der Waals surface area contributed by atoms with Gasteiger partial charge in [0.05, 0.1) is 11.7 Å². The number of aromatic nitrogens is 4. The molecule has 2 N–H and O–H groups in total. The van der Waals surface area contributed by atoms with Crippen molar-refractivity contribution in [2.45, 2.75) is 19.9 Å². The van der Waals surface area contributed by atoms with E-state index in [9.17, 15) is 4.79 Å². The molecule has 0 spiro atoms. The number of rotatable bonds is 2. The first-order valence-electron chi connectivity index (χ1n) is 4.16.